The number of thiazole rings is 1. The van der Waals surface area contributed by atoms with Crippen molar-refractivity contribution in [1.29, 1.82) is 0 Å². The Kier molecular flexibility index (Phi) is 3.22. The van der Waals surface area contributed by atoms with Crippen molar-refractivity contribution in [2.45, 2.75) is 18.8 Å². The zero-order valence-corrected chi connectivity index (χ0v) is 11.3. The average Bonchev–Trinajstić information content (AvgIpc) is 2.96. The predicted molar refractivity (Wildman–Crippen MR) is 68.9 cm³/mol. The third kappa shape index (κ3) is 2.76. The van der Waals surface area contributed by atoms with Crippen LogP contribution in [0.25, 0.3) is 0 Å². The number of hydrogen-bond acceptors (Lipinski definition) is 7. The molecule has 0 aliphatic heterocycles. The average molecular weight is 295 g/mol. The Hall–Kier alpha value is -1.87. The molecule has 9 heteroatoms. The molecular weight excluding hydrogens is 286 g/mol. The molecule has 3 rings (SSSR count). The van der Waals surface area contributed by atoms with E-state index in [-0.39, 0.29) is 5.69 Å². The van der Waals surface area contributed by atoms with Crippen molar-refractivity contribution < 1.29 is 9.59 Å². The van der Waals surface area contributed by atoms with Gasteiger partial charge in [0.25, 0.3) is 11.8 Å². The largest absolute Gasteiger partial charge is 0.298 e. The van der Waals surface area contributed by atoms with Crippen LogP contribution in [0, 0.1) is 0 Å². The van der Waals surface area contributed by atoms with Gasteiger partial charge < -0.3 is 0 Å². The SMILES string of the molecule is O=C(NNC(=O)c1nc(C2CC2)cs1)c1cnsn1. The van der Waals surface area contributed by atoms with Gasteiger partial charge >= 0.3 is 0 Å². The Morgan fingerprint density at radius 2 is 2.05 bits per heavy atom. The van der Waals surface area contributed by atoms with E-state index in [1.165, 1.54) is 17.5 Å². The molecule has 19 heavy (non-hydrogen) atoms. The standard InChI is InChI=1S/C10H9N5O2S2/c16-8(6-3-11-19-15-6)13-14-9(17)10-12-7(4-18-10)5-1-2-5/h3-5H,1-2H2,(H,13,16)(H,14,17). The van der Waals surface area contributed by atoms with E-state index in [0.29, 0.717) is 10.9 Å². The van der Waals surface area contributed by atoms with E-state index in [4.69, 9.17) is 0 Å². The Labute approximate surface area is 116 Å². The lowest BCUT2D eigenvalue weighted by Gasteiger charge is -2.02. The summed E-state index contributed by atoms with van der Waals surface area (Å²) in [4.78, 5) is 27.5. The van der Waals surface area contributed by atoms with Crippen LogP contribution in [-0.2, 0) is 0 Å². The molecule has 0 radical (unpaired) electrons. The highest BCUT2D eigenvalue weighted by atomic mass is 32.1. The molecule has 0 spiro atoms. The van der Waals surface area contributed by atoms with Gasteiger partial charge in [-0.1, -0.05) is 0 Å². The van der Waals surface area contributed by atoms with Crippen molar-refractivity contribution in [2.75, 3.05) is 0 Å². The molecule has 1 fully saturated rings. The minimum Gasteiger partial charge on any atom is -0.266 e. The maximum atomic E-state index is 11.8. The summed E-state index contributed by atoms with van der Waals surface area (Å²) in [6, 6.07) is 0. The van der Waals surface area contributed by atoms with E-state index in [2.05, 4.69) is 24.6 Å². The molecule has 1 aliphatic rings. The van der Waals surface area contributed by atoms with Crippen molar-refractivity contribution >= 4 is 34.9 Å². The monoisotopic (exact) mass is 295 g/mol. The van der Waals surface area contributed by atoms with Crippen LogP contribution >= 0.6 is 23.1 Å². The number of rotatable bonds is 3. The number of nitrogens with zero attached hydrogens (tertiary/aromatic N) is 3. The van der Waals surface area contributed by atoms with Crippen LogP contribution in [0.15, 0.2) is 11.6 Å². The van der Waals surface area contributed by atoms with Gasteiger partial charge in [0.1, 0.15) is 0 Å². The van der Waals surface area contributed by atoms with E-state index in [1.807, 2.05) is 5.38 Å². The van der Waals surface area contributed by atoms with E-state index in [9.17, 15) is 9.59 Å². The number of carbonyl (C=O) groups excluding carboxylic acids is 2. The van der Waals surface area contributed by atoms with Crippen LogP contribution in [0.3, 0.4) is 0 Å². The van der Waals surface area contributed by atoms with Gasteiger partial charge in [-0.15, -0.1) is 11.3 Å². The first-order chi connectivity index (χ1) is 9.24. The summed E-state index contributed by atoms with van der Waals surface area (Å²) in [5, 5.41) is 2.23. The molecule has 0 aromatic carbocycles. The lowest BCUT2D eigenvalue weighted by Crippen LogP contribution is -2.41. The lowest BCUT2D eigenvalue weighted by atomic mass is 10.3. The van der Waals surface area contributed by atoms with Gasteiger partial charge in [0.05, 0.1) is 23.6 Å². The zero-order valence-electron chi connectivity index (χ0n) is 9.62. The fourth-order valence-corrected chi connectivity index (χ4v) is 2.66. The molecular formula is C10H9N5O2S2. The normalized spacial score (nSPS) is 14.1. The molecule has 0 unspecified atom stereocenters. The minimum atomic E-state index is -0.499. The maximum absolute atomic E-state index is 11.8. The second kappa shape index (κ2) is 5.02. The van der Waals surface area contributed by atoms with E-state index < -0.39 is 11.8 Å². The molecule has 2 amide bonds. The number of amides is 2. The highest BCUT2D eigenvalue weighted by molar-refractivity contribution is 7.11. The molecule has 2 heterocycles. The van der Waals surface area contributed by atoms with Crippen molar-refractivity contribution in [2.24, 2.45) is 0 Å². The molecule has 2 aromatic rings. The number of aromatic nitrogens is 3. The zero-order chi connectivity index (χ0) is 13.2. The summed E-state index contributed by atoms with van der Waals surface area (Å²) in [5.41, 5.74) is 5.71. The van der Waals surface area contributed by atoms with Gasteiger partial charge in [0.15, 0.2) is 10.7 Å². The predicted octanol–water partition coefficient (Wildman–Crippen LogP) is 0.947. The molecule has 2 aromatic heterocycles. The van der Waals surface area contributed by atoms with Gasteiger partial charge in [-0.2, -0.15) is 8.75 Å². The second-order valence-electron chi connectivity index (χ2n) is 4.05. The highest BCUT2D eigenvalue weighted by Crippen LogP contribution is 2.40. The molecule has 1 saturated carbocycles. The first-order valence-electron chi connectivity index (χ1n) is 5.57. The summed E-state index contributed by atoms with van der Waals surface area (Å²) in [7, 11) is 0. The Morgan fingerprint density at radius 3 is 2.74 bits per heavy atom. The summed E-state index contributed by atoms with van der Waals surface area (Å²) in [6.45, 7) is 0. The molecule has 0 saturated heterocycles. The number of hydrazine groups is 1. The summed E-state index contributed by atoms with van der Waals surface area (Å²) >= 11 is 2.20. The summed E-state index contributed by atoms with van der Waals surface area (Å²) in [6.07, 6.45) is 3.61. The van der Waals surface area contributed by atoms with Crippen molar-refractivity contribution in [1.82, 2.24) is 24.6 Å². The smallest absolute Gasteiger partial charge is 0.266 e. The third-order valence-corrected chi connectivity index (χ3v) is 3.93. The van der Waals surface area contributed by atoms with E-state index >= 15 is 0 Å². The van der Waals surface area contributed by atoms with E-state index in [0.717, 1.165) is 30.3 Å². The Bertz CT molecular complexity index is 605. The number of hydrogen-bond donors (Lipinski definition) is 2. The summed E-state index contributed by atoms with van der Waals surface area (Å²) < 4.78 is 7.46. The summed E-state index contributed by atoms with van der Waals surface area (Å²) in [5.74, 6) is -0.414. The second-order valence-corrected chi connectivity index (χ2v) is 5.47. The van der Waals surface area contributed by atoms with Crippen LogP contribution in [0.2, 0.25) is 0 Å². The molecule has 98 valence electrons. The molecule has 7 nitrogen and oxygen atoms in total. The molecule has 2 N–H and O–H groups in total. The van der Waals surface area contributed by atoms with Crippen LogP contribution in [0.4, 0.5) is 0 Å². The first-order valence-corrected chi connectivity index (χ1v) is 7.18. The van der Waals surface area contributed by atoms with Gasteiger partial charge in [-0.25, -0.2) is 4.98 Å². The molecule has 0 atom stereocenters. The van der Waals surface area contributed by atoms with Gasteiger partial charge in [-0.05, 0) is 12.8 Å². The number of nitrogens with one attached hydrogen (secondary N) is 2. The third-order valence-electron chi connectivity index (χ3n) is 2.60. The van der Waals surface area contributed by atoms with Gasteiger partial charge in [0, 0.05) is 11.3 Å². The number of carbonyl (C=O) groups is 2. The highest BCUT2D eigenvalue weighted by Gasteiger charge is 2.27. The van der Waals surface area contributed by atoms with Crippen LogP contribution < -0.4 is 10.9 Å². The van der Waals surface area contributed by atoms with Gasteiger partial charge in [-0.3, -0.25) is 20.4 Å². The van der Waals surface area contributed by atoms with Gasteiger partial charge in [0.2, 0.25) is 0 Å². The Balaban J connectivity index is 1.57. The van der Waals surface area contributed by atoms with Crippen molar-refractivity contribution in [3.63, 3.8) is 0 Å². The Morgan fingerprint density at radius 1 is 1.26 bits per heavy atom. The van der Waals surface area contributed by atoms with Crippen LogP contribution in [0.1, 0.15) is 44.7 Å². The minimum absolute atomic E-state index is 0.170. The molecule has 0 bridgehead atoms. The van der Waals surface area contributed by atoms with Crippen molar-refractivity contribution in [3.05, 3.63) is 28.0 Å². The maximum Gasteiger partial charge on any atom is 0.298 e. The topological polar surface area (TPSA) is 96.9 Å². The fraction of sp³-hybridized carbons (Fsp3) is 0.300. The van der Waals surface area contributed by atoms with Crippen molar-refractivity contribution in [3.8, 4) is 0 Å². The molecule has 1 aliphatic carbocycles. The fourth-order valence-electron chi connectivity index (χ4n) is 1.45. The van der Waals surface area contributed by atoms with Crippen LogP contribution in [-0.4, -0.2) is 25.5 Å². The van der Waals surface area contributed by atoms with E-state index in [1.54, 1.807) is 0 Å². The van der Waals surface area contributed by atoms with Crippen LogP contribution in [0.5, 0.6) is 0 Å². The first kappa shape index (κ1) is 12.2. The lowest BCUT2D eigenvalue weighted by molar-refractivity contribution is 0.0844. The quantitative estimate of drug-likeness (QED) is 0.822.